The highest BCUT2D eigenvalue weighted by Crippen LogP contribution is 2.37. The largest absolute Gasteiger partial charge is 0.412 e. The molecule has 0 aliphatic heterocycles. The van der Waals surface area contributed by atoms with Crippen molar-refractivity contribution in [1.82, 2.24) is 0 Å². The Balaban J connectivity index is 2.72. The van der Waals surface area contributed by atoms with Crippen molar-refractivity contribution in [2.75, 3.05) is 0 Å². The zero-order valence-electron chi connectivity index (χ0n) is 11.5. The molecule has 0 aliphatic rings. The fourth-order valence-corrected chi connectivity index (χ4v) is 3.13. The van der Waals surface area contributed by atoms with E-state index in [4.69, 9.17) is 9.69 Å². The van der Waals surface area contributed by atoms with Crippen molar-refractivity contribution >= 4 is 19.7 Å². The molecular weight excluding hydrogens is 246 g/mol. The van der Waals surface area contributed by atoms with Gasteiger partial charge in [0.1, 0.15) is 10.9 Å². The van der Waals surface area contributed by atoms with E-state index in [1.807, 2.05) is 6.92 Å². The van der Waals surface area contributed by atoms with Crippen molar-refractivity contribution in [3.63, 3.8) is 0 Å². The lowest BCUT2D eigenvalue weighted by molar-refractivity contribution is 0.279. The number of thiophene rings is 1. The lowest BCUT2D eigenvalue weighted by Gasteiger charge is -2.36. The summed E-state index contributed by atoms with van der Waals surface area (Å²) in [6.45, 7) is 13.8. The Morgan fingerprint density at radius 3 is 2.41 bits per heavy atom. The Bertz CT molecular complexity index is 437. The van der Waals surface area contributed by atoms with Gasteiger partial charge in [-0.25, -0.2) is 0 Å². The van der Waals surface area contributed by atoms with Crippen molar-refractivity contribution in [3.8, 4) is 6.07 Å². The smallest absolute Gasteiger partial charge is 0.192 e. The van der Waals surface area contributed by atoms with E-state index in [9.17, 15) is 0 Å². The Kier molecular flexibility index (Phi) is 4.18. The standard InChI is InChI=1S/C13H21NOSSi/c1-10-7-11(16-12(10)8-14)9-15-17(5,6)13(2,3)4/h7H,9H2,1-6H3. The summed E-state index contributed by atoms with van der Waals surface area (Å²) in [4.78, 5) is 1.96. The summed E-state index contributed by atoms with van der Waals surface area (Å²) in [5.74, 6) is 0. The fourth-order valence-electron chi connectivity index (χ4n) is 1.20. The highest BCUT2D eigenvalue weighted by Gasteiger charge is 2.37. The number of hydrogen-bond donors (Lipinski definition) is 0. The molecule has 1 rings (SSSR count). The minimum Gasteiger partial charge on any atom is -0.412 e. The quantitative estimate of drug-likeness (QED) is 0.758. The second-order valence-corrected chi connectivity index (χ2v) is 11.8. The van der Waals surface area contributed by atoms with Crippen molar-refractivity contribution in [3.05, 3.63) is 21.4 Å². The molecule has 1 aromatic rings. The second kappa shape index (κ2) is 4.93. The molecule has 0 amide bonds. The van der Waals surface area contributed by atoms with E-state index < -0.39 is 8.32 Å². The first-order valence-electron chi connectivity index (χ1n) is 5.81. The van der Waals surface area contributed by atoms with Crippen LogP contribution in [-0.4, -0.2) is 8.32 Å². The topological polar surface area (TPSA) is 33.0 Å². The summed E-state index contributed by atoms with van der Waals surface area (Å²) in [6, 6.07) is 4.28. The summed E-state index contributed by atoms with van der Waals surface area (Å²) in [5, 5.41) is 9.15. The Morgan fingerprint density at radius 2 is 2.00 bits per heavy atom. The molecule has 0 atom stereocenters. The molecule has 0 spiro atoms. The molecule has 0 saturated carbocycles. The van der Waals surface area contributed by atoms with Crippen molar-refractivity contribution in [2.45, 2.75) is 52.4 Å². The summed E-state index contributed by atoms with van der Waals surface area (Å²) >= 11 is 1.55. The SMILES string of the molecule is Cc1cc(CO[Si](C)(C)C(C)(C)C)sc1C#N. The maximum atomic E-state index is 8.92. The van der Waals surface area contributed by atoms with Crippen molar-refractivity contribution in [1.29, 1.82) is 5.26 Å². The molecule has 1 aromatic heterocycles. The molecule has 17 heavy (non-hydrogen) atoms. The zero-order chi connectivity index (χ0) is 13.3. The summed E-state index contributed by atoms with van der Waals surface area (Å²) < 4.78 is 6.13. The predicted octanol–water partition coefficient (Wildman–Crippen LogP) is 4.45. The van der Waals surface area contributed by atoms with Gasteiger partial charge >= 0.3 is 0 Å². The zero-order valence-corrected chi connectivity index (χ0v) is 13.4. The van der Waals surface area contributed by atoms with E-state index in [0.29, 0.717) is 6.61 Å². The van der Waals surface area contributed by atoms with Gasteiger partial charge in [0.15, 0.2) is 8.32 Å². The number of aryl methyl sites for hydroxylation is 1. The molecule has 0 aliphatic carbocycles. The van der Waals surface area contributed by atoms with Gasteiger partial charge in [-0.15, -0.1) is 11.3 Å². The van der Waals surface area contributed by atoms with Crippen molar-refractivity contribution in [2.24, 2.45) is 0 Å². The Hall–Kier alpha value is -0.633. The van der Waals surface area contributed by atoms with E-state index in [1.54, 1.807) is 11.3 Å². The molecule has 0 unspecified atom stereocenters. The molecule has 2 nitrogen and oxygen atoms in total. The molecule has 0 N–H and O–H groups in total. The average molecular weight is 267 g/mol. The molecule has 0 fully saturated rings. The van der Waals surface area contributed by atoms with Crippen LogP contribution in [0, 0.1) is 18.3 Å². The van der Waals surface area contributed by atoms with Gasteiger partial charge in [0.25, 0.3) is 0 Å². The number of nitrogens with zero attached hydrogens (tertiary/aromatic N) is 1. The molecular formula is C13H21NOSSi. The van der Waals surface area contributed by atoms with Gasteiger partial charge in [-0.2, -0.15) is 5.26 Å². The van der Waals surface area contributed by atoms with Crippen LogP contribution in [0.4, 0.5) is 0 Å². The van der Waals surface area contributed by atoms with Gasteiger partial charge in [-0.3, -0.25) is 0 Å². The number of nitriles is 1. The molecule has 4 heteroatoms. The number of rotatable bonds is 3. The lowest BCUT2D eigenvalue weighted by Crippen LogP contribution is -2.40. The third kappa shape index (κ3) is 3.41. The second-order valence-electron chi connectivity index (χ2n) is 5.89. The van der Waals surface area contributed by atoms with Gasteiger partial charge in [0.2, 0.25) is 0 Å². The van der Waals surface area contributed by atoms with Crippen LogP contribution in [0.2, 0.25) is 18.1 Å². The first-order chi connectivity index (χ1) is 7.67. The predicted molar refractivity (Wildman–Crippen MR) is 75.8 cm³/mol. The van der Waals surface area contributed by atoms with E-state index in [-0.39, 0.29) is 5.04 Å². The highest BCUT2D eigenvalue weighted by molar-refractivity contribution is 7.12. The van der Waals surface area contributed by atoms with Gasteiger partial charge in [0.05, 0.1) is 6.61 Å². The fraction of sp³-hybridized carbons (Fsp3) is 0.615. The molecule has 0 saturated heterocycles. The monoisotopic (exact) mass is 267 g/mol. The van der Waals surface area contributed by atoms with Crippen molar-refractivity contribution < 1.29 is 4.43 Å². The third-order valence-corrected chi connectivity index (χ3v) is 9.05. The van der Waals surface area contributed by atoms with Gasteiger partial charge in [-0.05, 0) is 36.7 Å². The highest BCUT2D eigenvalue weighted by atomic mass is 32.1. The van der Waals surface area contributed by atoms with Crippen LogP contribution in [-0.2, 0) is 11.0 Å². The van der Waals surface area contributed by atoms with Crippen LogP contribution < -0.4 is 0 Å². The maximum Gasteiger partial charge on any atom is 0.192 e. The first-order valence-corrected chi connectivity index (χ1v) is 9.53. The summed E-state index contributed by atoms with van der Waals surface area (Å²) in [7, 11) is -1.68. The normalized spacial score (nSPS) is 12.5. The minimum atomic E-state index is -1.68. The van der Waals surface area contributed by atoms with Gasteiger partial charge in [-0.1, -0.05) is 20.8 Å². The molecule has 1 heterocycles. The van der Waals surface area contributed by atoms with E-state index in [1.165, 1.54) is 0 Å². The van der Waals surface area contributed by atoms with Crippen LogP contribution in [0.25, 0.3) is 0 Å². The van der Waals surface area contributed by atoms with Crippen LogP contribution in [0.15, 0.2) is 6.07 Å². The lowest BCUT2D eigenvalue weighted by atomic mass is 10.2. The average Bonchev–Trinajstić information content (AvgIpc) is 2.54. The minimum absolute atomic E-state index is 0.233. The maximum absolute atomic E-state index is 8.92. The molecule has 94 valence electrons. The van der Waals surface area contributed by atoms with E-state index in [0.717, 1.165) is 15.3 Å². The van der Waals surface area contributed by atoms with E-state index >= 15 is 0 Å². The molecule has 0 aromatic carbocycles. The van der Waals surface area contributed by atoms with Crippen LogP contribution in [0.5, 0.6) is 0 Å². The molecule has 0 radical (unpaired) electrons. The van der Waals surface area contributed by atoms with Crippen LogP contribution in [0.1, 0.15) is 36.1 Å². The van der Waals surface area contributed by atoms with Crippen LogP contribution >= 0.6 is 11.3 Å². The molecule has 0 bridgehead atoms. The van der Waals surface area contributed by atoms with Gasteiger partial charge in [0, 0.05) is 4.88 Å². The summed E-state index contributed by atoms with van der Waals surface area (Å²) in [5.41, 5.74) is 1.06. The first kappa shape index (κ1) is 14.4. The Labute approximate surface area is 109 Å². The van der Waals surface area contributed by atoms with Crippen LogP contribution in [0.3, 0.4) is 0 Å². The Morgan fingerprint density at radius 1 is 1.41 bits per heavy atom. The van der Waals surface area contributed by atoms with Gasteiger partial charge < -0.3 is 4.43 Å². The number of hydrogen-bond acceptors (Lipinski definition) is 3. The summed E-state index contributed by atoms with van der Waals surface area (Å²) in [6.07, 6.45) is 0. The third-order valence-electron chi connectivity index (χ3n) is 3.45. The van der Waals surface area contributed by atoms with E-state index in [2.05, 4.69) is 46.0 Å².